The SMILES string of the molecule is O=S(=O)(CCCc1ccccc1)Nc1cc(N2CCCC2)ccc1F. The maximum atomic E-state index is 14.0. The highest BCUT2D eigenvalue weighted by Gasteiger charge is 2.17. The summed E-state index contributed by atoms with van der Waals surface area (Å²) in [5.74, 6) is -0.579. The molecule has 0 radical (unpaired) electrons. The molecule has 0 aromatic heterocycles. The highest BCUT2D eigenvalue weighted by Crippen LogP contribution is 2.26. The molecule has 1 N–H and O–H groups in total. The van der Waals surface area contributed by atoms with Gasteiger partial charge in [-0.05, 0) is 49.4 Å². The van der Waals surface area contributed by atoms with E-state index in [9.17, 15) is 12.8 Å². The van der Waals surface area contributed by atoms with E-state index in [1.807, 2.05) is 30.3 Å². The van der Waals surface area contributed by atoms with E-state index < -0.39 is 15.8 Å². The Morgan fingerprint density at radius 1 is 1.04 bits per heavy atom. The lowest BCUT2D eigenvalue weighted by molar-refractivity contribution is 0.596. The van der Waals surface area contributed by atoms with Crippen molar-refractivity contribution < 1.29 is 12.8 Å². The van der Waals surface area contributed by atoms with Crippen molar-refractivity contribution in [2.45, 2.75) is 25.7 Å². The van der Waals surface area contributed by atoms with Crippen molar-refractivity contribution in [3.63, 3.8) is 0 Å². The van der Waals surface area contributed by atoms with Crippen molar-refractivity contribution in [3.8, 4) is 0 Å². The van der Waals surface area contributed by atoms with E-state index >= 15 is 0 Å². The average Bonchev–Trinajstić information content (AvgIpc) is 3.12. The summed E-state index contributed by atoms with van der Waals surface area (Å²) in [6.07, 6.45) is 3.39. The summed E-state index contributed by atoms with van der Waals surface area (Å²) in [6, 6.07) is 14.4. The predicted octanol–water partition coefficient (Wildman–Crippen LogP) is 3.80. The molecule has 1 heterocycles. The maximum Gasteiger partial charge on any atom is 0.232 e. The van der Waals surface area contributed by atoms with Crippen LogP contribution in [0, 0.1) is 5.82 Å². The van der Waals surface area contributed by atoms with Crippen LogP contribution in [0.15, 0.2) is 48.5 Å². The van der Waals surface area contributed by atoms with Crippen LogP contribution in [0.4, 0.5) is 15.8 Å². The summed E-state index contributed by atoms with van der Waals surface area (Å²) in [7, 11) is -3.58. The standard InChI is InChI=1S/C19H23FN2O2S/c20-18-11-10-17(22-12-4-5-13-22)15-19(18)21-25(23,24)14-6-9-16-7-2-1-3-8-16/h1-3,7-8,10-11,15,21H,4-6,9,12-14H2. The van der Waals surface area contributed by atoms with Gasteiger partial charge in [-0.1, -0.05) is 30.3 Å². The summed E-state index contributed by atoms with van der Waals surface area (Å²) in [5.41, 5.74) is 1.99. The number of hydrogen-bond acceptors (Lipinski definition) is 3. The van der Waals surface area contributed by atoms with Gasteiger partial charge in [0.25, 0.3) is 0 Å². The molecule has 1 aliphatic heterocycles. The van der Waals surface area contributed by atoms with Gasteiger partial charge in [-0.3, -0.25) is 4.72 Å². The summed E-state index contributed by atoms with van der Waals surface area (Å²) < 4.78 is 41.0. The summed E-state index contributed by atoms with van der Waals surface area (Å²) in [4.78, 5) is 2.15. The molecule has 0 bridgehead atoms. The van der Waals surface area contributed by atoms with Crippen molar-refractivity contribution in [1.29, 1.82) is 0 Å². The number of aryl methyl sites for hydroxylation is 1. The number of nitrogens with zero attached hydrogens (tertiary/aromatic N) is 1. The van der Waals surface area contributed by atoms with Gasteiger partial charge in [0.1, 0.15) is 5.82 Å². The number of rotatable bonds is 7. The largest absolute Gasteiger partial charge is 0.371 e. The Labute approximate surface area is 148 Å². The monoisotopic (exact) mass is 362 g/mol. The predicted molar refractivity (Wildman–Crippen MR) is 100 cm³/mol. The number of nitrogens with one attached hydrogen (secondary N) is 1. The Morgan fingerprint density at radius 2 is 1.76 bits per heavy atom. The molecule has 3 rings (SSSR count). The molecule has 1 saturated heterocycles. The van der Waals surface area contributed by atoms with Crippen LogP contribution >= 0.6 is 0 Å². The topological polar surface area (TPSA) is 49.4 Å². The lowest BCUT2D eigenvalue weighted by Gasteiger charge is -2.19. The van der Waals surface area contributed by atoms with Crippen LogP contribution < -0.4 is 9.62 Å². The molecule has 0 spiro atoms. The van der Waals surface area contributed by atoms with Crippen LogP contribution in [0.2, 0.25) is 0 Å². The molecule has 25 heavy (non-hydrogen) atoms. The third-order valence-corrected chi connectivity index (χ3v) is 5.77. The molecule has 0 unspecified atom stereocenters. The van der Waals surface area contributed by atoms with Gasteiger partial charge in [0.15, 0.2) is 0 Å². The lowest BCUT2D eigenvalue weighted by Crippen LogP contribution is -2.20. The molecule has 1 aliphatic rings. The summed E-state index contributed by atoms with van der Waals surface area (Å²) in [6.45, 7) is 1.85. The zero-order valence-electron chi connectivity index (χ0n) is 14.1. The molecule has 0 amide bonds. The minimum atomic E-state index is -3.58. The van der Waals surface area contributed by atoms with Gasteiger partial charge in [0.05, 0.1) is 11.4 Å². The highest BCUT2D eigenvalue weighted by atomic mass is 32.2. The van der Waals surface area contributed by atoms with Crippen molar-refractivity contribution >= 4 is 21.4 Å². The first-order valence-corrected chi connectivity index (χ1v) is 10.3. The summed E-state index contributed by atoms with van der Waals surface area (Å²) in [5, 5.41) is 0. The van der Waals surface area contributed by atoms with Gasteiger partial charge in [-0.15, -0.1) is 0 Å². The molecular formula is C19H23FN2O2S. The fourth-order valence-corrected chi connectivity index (χ4v) is 4.21. The summed E-state index contributed by atoms with van der Waals surface area (Å²) >= 11 is 0. The minimum absolute atomic E-state index is 0.0316. The molecular weight excluding hydrogens is 339 g/mol. The van der Waals surface area contributed by atoms with E-state index in [0.717, 1.165) is 37.2 Å². The highest BCUT2D eigenvalue weighted by molar-refractivity contribution is 7.92. The second-order valence-corrected chi connectivity index (χ2v) is 8.21. The van der Waals surface area contributed by atoms with Gasteiger partial charge < -0.3 is 4.90 Å². The van der Waals surface area contributed by atoms with E-state index in [0.29, 0.717) is 12.8 Å². The van der Waals surface area contributed by atoms with E-state index in [1.165, 1.54) is 6.07 Å². The Kier molecular flexibility index (Phi) is 5.58. The molecule has 0 atom stereocenters. The first-order chi connectivity index (χ1) is 12.0. The second kappa shape index (κ2) is 7.87. The number of sulfonamides is 1. The Bertz CT molecular complexity index is 803. The van der Waals surface area contributed by atoms with Crippen LogP contribution in [0.5, 0.6) is 0 Å². The van der Waals surface area contributed by atoms with Crippen molar-refractivity contribution in [1.82, 2.24) is 0 Å². The zero-order valence-corrected chi connectivity index (χ0v) is 14.9. The normalized spacial score (nSPS) is 14.7. The van der Waals surface area contributed by atoms with Gasteiger partial charge in [-0.25, -0.2) is 12.8 Å². The minimum Gasteiger partial charge on any atom is -0.371 e. The molecule has 0 aliphatic carbocycles. The molecule has 0 saturated carbocycles. The van der Waals surface area contributed by atoms with Gasteiger partial charge in [0.2, 0.25) is 10.0 Å². The lowest BCUT2D eigenvalue weighted by atomic mass is 10.1. The molecule has 2 aromatic carbocycles. The van der Waals surface area contributed by atoms with Crippen LogP contribution in [-0.2, 0) is 16.4 Å². The molecule has 134 valence electrons. The Hall–Kier alpha value is -2.08. The Morgan fingerprint density at radius 3 is 2.48 bits per heavy atom. The fourth-order valence-electron chi connectivity index (χ4n) is 3.09. The van der Waals surface area contributed by atoms with Gasteiger partial charge in [0, 0.05) is 18.8 Å². The number of halogens is 1. The Balaban J connectivity index is 1.62. The van der Waals surface area contributed by atoms with Crippen LogP contribution in [0.25, 0.3) is 0 Å². The van der Waals surface area contributed by atoms with E-state index in [1.54, 1.807) is 12.1 Å². The zero-order chi connectivity index (χ0) is 17.7. The van der Waals surface area contributed by atoms with Crippen molar-refractivity contribution in [2.24, 2.45) is 0 Å². The van der Waals surface area contributed by atoms with Crippen LogP contribution in [0.3, 0.4) is 0 Å². The smallest absolute Gasteiger partial charge is 0.232 e. The number of anilines is 2. The van der Waals surface area contributed by atoms with Crippen LogP contribution in [-0.4, -0.2) is 27.3 Å². The van der Waals surface area contributed by atoms with Crippen molar-refractivity contribution in [2.75, 3.05) is 28.5 Å². The van der Waals surface area contributed by atoms with Gasteiger partial charge in [-0.2, -0.15) is 0 Å². The second-order valence-electron chi connectivity index (χ2n) is 6.37. The van der Waals surface area contributed by atoms with Crippen LogP contribution in [0.1, 0.15) is 24.8 Å². The van der Waals surface area contributed by atoms with E-state index in [-0.39, 0.29) is 11.4 Å². The quantitative estimate of drug-likeness (QED) is 0.815. The molecule has 1 fully saturated rings. The number of hydrogen-bond donors (Lipinski definition) is 1. The first-order valence-electron chi connectivity index (χ1n) is 8.62. The third-order valence-electron chi connectivity index (χ3n) is 4.41. The van der Waals surface area contributed by atoms with E-state index in [2.05, 4.69) is 9.62 Å². The average molecular weight is 362 g/mol. The molecule has 2 aromatic rings. The molecule has 6 heteroatoms. The van der Waals surface area contributed by atoms with Gasteiger partial charge >= 0.3 is 0 Å². The number of benzene rings is 2. The maximum absolute atomic E-state index is 14.0. The van der Waals surface area contributed by atoms with E-state index in [4.69, 9.17) is 0 Å². The molecule has 4 nitrogen and oxygen atoms in total. The first kappa shape index (κ1) is 17.7. The fraction of sp³-hybridized carbons (Fsp3) is 0.368. The third kappa shape index (κ3) is 4.95. The van der Waals surface area contributed by atoms with Crippen molar-refractivity contribution in [3.05, 3.63) is 59.9 Å².